The van der Waals surface area contributed by atoms with Gasteiger partial charge < -0.3 is 10.2 Å². The summed E-state index contributed by atoms with van der Waals surface area (Å²) in [7, 11) is 0. The number of anilines is 1. The van der Waals surface area contributed by atoms with E-state index in [-0.39, 0.29) is 5.37 Å². The van der Waals surface area contributed by atoms with Crippen LogP contribution in [0.1, 0.15) is 19.8 Å². The second-order valence-corrected chi connectivity index (χ2v) is 4.96. The molecule has 1 atom stereocenters. The summed E-state index contributed by atoms with van der Waals surface area (Å²) in [5.74, 6) is 0.986. The van der Waals surface area contributed by atoms with Crippen molar-refractivity contribution in [2.75, 3.05) is 18.0 Å². The van der Waals surface area contributed by atoms with Gasteiger partial charge in [0.05, 0.1) is 0 Å². The summed E-state index contributed by atoms with van der Waals surface area (Å²) < 4.78 is 0. The Hall–Kier alpha value is -0.810. The van der Waals surface area contributed by atoms with Crippen LogP contribution in [0.4, 0.5) is 5.82 Å². The molecule has 1 aromatic heterocycles. The predicted molar refractivity (Wildman–Crippen MR) is 68.9 cm³/mol. The zero-order valence-corrected chi connectivity index (χ0v) is 10.4. The maximum absolute atomic E-state index is 4.35. The first-order valence-corrected chi connectivity index (χ1v) is 6.24. The zero-order valence-electron chi connectivity index (χ0n) is 9.50. The van der Waals surface area contributed by atoms with Crippen molar-refractivity contribution in [1.29, 1.82) is 0 Å². The van der Waals surface area contributed by atoms with E-state index in [2.05, 4.69) is 40.0 Å². The van der Waals surface area contributed by atoms with Gasteiger partial charge in [-0.05, 0) is 31.9 Å². The van der Waals surface area contributed by atoms with Crippen molar-refractivity contribution in [3.8, 4) is 0 Å². The van der Waals surface area contributed by atoms with E-state index >= 15 is 0 Å². The standard InChI is InChI=1S/C11H18N4S/c1-9(16)13-10-4-7-15(8-5-10)11-3-2-6-12-14-11/h2-3,6,9-10,13,16H,4-5,7-8H2,1H3. The van der Waals surface area contributed by atoms with Crippen LogP contribution in [0.2, 0.25) is 0 Å². The lowest BCUT2D eigenvalue weighted by atomic mass is 10.1. The summed E-state index contributed by atoms with van der Waals surface area (Å²) in [5.41, 5.74) is 0. The Labute approximate surface area is 102 Å². The average Bonchev–Trinajstić information content (AvgIpc) is 2.30. The van der Waals surface area contributed by atoms with E-state index in [9.17, 15) is 0 Å². The lowest BCUT2D eigenvalue weighted by molar-refractivity contribution is 0.413. The third kappa shape index (κ3) is 3.09. The lowest BCUT2D eigenvalue weighted by Crippen LogP contribution is -2.44. The number of thiol groups is 1. The number of piperidine rings is 1. The molecular weight excluding hydrogens is 220 g/mol. The molecule has 16 heavy (non-hydrogen) atoms. The normalized spacial score (nSPS) is 19.8. The Morgan fingerprint density at radius 3 is 2.81 bits per heavy atom. The quantitative estimate of drug-likeness (QED) is 0.615. The van der Waals surface area contributed by atoms with Gasteiger partial charge in [0.2, 0.25) is 0 Å². The first kappa shape index (κ1) is 11.7. The Balaban J connectivity index is 1.86. The highest BCUT2D eigenvalue weighted by Crippen LogP contribution is 2.17. The average molecular weight is 238 g/mol. The van der Waals surface area contributed by atoms with Crippen molar-refractivity contribution in [2.24, 2.45) is 0 Å². The van der Waals surface area contributed by atoms with Crippen LogP contribution >= 0.6 is 12.6 Å². The van der Waals surface area contributed by atoms with Gasteiger partial charge in [-0.3, -0.25) is 0 Å². The molecule has 2 heterocycles. The molecule has 0 bridgehead atoms. The number of hydrogen-bond acceptors (Lipinski definition) is 5. The first-order valence-electron chi connectivity index (χ1n) is 5.72. The molecule has 2 rings (SSSR count). The molecule has 1 unspecified atom stereocenters. The second kappa shape index (κ2) is 5.50. The molecule has 5 heteroatoms. The Kier molecular flexibility index (Phi) is 4.01. The summed E-state index contributed by atoms with van der Waals surface area (Å²) in [6.07, 6.45) is 3.99. The number of hydrogen-bond donors (Lipinski definition) is 2. The van der Waals surface area contributed by atoms with Crippen LogP contribution in [-0.4, -0.2) is 34.7 Å². The van der Waals surface area contributed by atoms with Crippen LogP contribution in [0.3, 0.4) is 0 Å². The highest BCUT2D eigenvalue weighted by molar-refractivity contribution is 7.80. The summed E-state index contributed by atoms with van der Waals surface area (Å²) in [5, 5.41) is 11.8. The van der Waals surface area contributed by atoms with Crippen molar-refractivity contribution in [1.82, 2.24) is 15.5 Å². The SMILES string of the molecule is CC(S)NC1CCN(c2cccnn2)CC1. The van der Waals surface area contributed by atoms with Crippen molar-refractivity contribution < 1.29 is 0 Å². The molecule has 0 aromatic carbocycles. The van der Waals surface area contributed by atoms with E-state index < -0.39 is 0 Å². The van der Waals surface area contributed by atoms with Gasteiger partial charge in [-0.2, -0.15) is 17.7 Å². The molecule has 88 valence electrons. The van der Waals surface area contributed by atoms with Gasteiger partial charge in [-0.25, -0.2) is 0 Å². The third-order valence-electron chi connectivity index (χ3n) is 2.85. The maximum atomic E-state index is 4.35. The van der Waals surface area contributed by atoms with Gasteiger partial charge in [-0.15, -0.1) is 5.10 Å². The summed E-state index contributed by atoms with van der Waals surface area (Å²) in [6.45, 7) is 4.14. The molecule has 1 aliphatic heterocycles. The molecule has 0 saturated carbocycles. The maximum Gasteiger partial charge on any atom is 0.151 e. The molecule has 0 aliphatic carbocycles. The lowest BCUT2D eigenvalue weighted by Gasteiger charge is -2.33. The molecule has 0 amide bonds. The van der Waals surface area contributed by atoms with E-state index in [4.69, 9.17) is 0 Å². The second-order valence-electron chi connectivity index (χ2n) is 4.19. The van der Waals surface area contributed by atoms with Crippen molar-refractivity contribution in [3.05, 3.63) is 18.3 Å². The van der Waals surface area contributed by atoms with Gasteiger partial charge >= 0.3 is 0 Å². The van der Waals surface area contributed by atoms with Crippen LogP contribution in [0.5, 0.6) is 0 Å². The van der Waals surface area contributed by atoms with Crippen LogP contribution in [0.15, 0.2) is 18.3 Å². The van der Waals surface area contributed by atoms with Crippen molar-refractivity contribution >= 4 is 18.4 Å². The molecule has 0 spiro atoms. The Morgan fingerprint density at radius 1 is 1.50 bits per heavy atom. The highest BCUT2D eigenvalue weighted by atomic mass is 32.1. The van der Waals surface area contributed by atoms with Gasteiger partial charge in [0, 0.05) is 30.7 Å². The van der Waals surface area contributed by atoms with Crippen LogP contribution in [0, 0.1) is 0 Å². The number of aromatic nitrogens is 2. The Morgan fingerprint density at radius 2 is 2.25 bits per heavy atom. The smallest absolute Gasteiger partial charge is 0.151 e. The van der Waals surface area contributed by atoms with Crippen LogP contribution in [0.25, 0.3) is 0 Å². The van der Waals surface area contributed by atoms with Crippen LogP contribution < -0.4 is 10.2 Å². The fraction of sp³-hybridized carbons (Fsp3) is 0.636. The van der Waals surface area contributed by atoms with E-state index in [0.717, 1.165) is 31.7 Å². The Bertz CT molecular complexity index is 309. The molecule has 1 saturated heterocycles. The minimum atomic E-state index is 0.271. The summed E-state index contributed by atoms with van der Waals surface area (Å²) >= 11 is 4.35. The molecular formula is C11H18N4S. The summed E-state index contributed by atoms with van der Waals surface area (Å²) in [6, 6.07) is 4.53. The van der Waals surface area contributed by atoms with Gasteiger partial charge in [0.25, 0.3) is 0 Å². The molecule has 0 radical (unpaired) electrons. The molecule has 1 aliphatic rings. The van der Waals surface area contributed by atoms with Gasteiger partial charge in [0.1, 0.15) is 0 Å². The summed E-state index contributed by atoms with van der Waals surface area (Å²) in [4.78, 5) is 2.29. The first-order chi connectivity index (χ1) is 7.75. The van der Waals surface area contributed by atoms with Gasteiger partial charge in [-0.1, -0.05) is 0 Å². The predicted octanol–water partition coefficient (Wildman–Crippen LogP) is 1.31. The molecule has 1 aromatic rings. The molecule has 4 nitrogen and oxygen atoms in total. The topological polar surface area (TPSA) is 41.0 Å². The van der Waals surface area contributed by atoms with Crippen molar-refractivity contribution in [3.63, 3.8) is 0 Å². The molecule has 1 fully saturated rings. The van der Waals surface area contributed by atoms with E-state index in [1.807, 2.05) is 12.1 Å². The molecule has 1 N–H and O–H groups in total. The highest BCUT2D eigenvalue weighted by Gasteiger charge is 2.20. The number of nitrogens with zero attached hydrogens (tertiary/aromatic N) is 3. The van der Waals surface area contributed by atoms with Gasteiger partial charge in [0.15, 0.2) is 5.82 Å². The van der Waals surface area contributed by atoms with Crippen LogP contribution in [-0.2, 0) is 0 Å². The minimum absolute atomic E-state index is 0.271. The van der Waals surface area contributed by atoms with E-state index in [0.29, 0.717) is 6.04 Å². The zero-order chi connectivity index (χ0) is 11.4. The number of nitrogens with one attached hydrogen (secondary N) is 1. The van der Waals surface area contributed by atoms with E-state index in [1.54, 1.807) is 6.20 Å². The fourth-order valence-electron chi connectivity index (χ4n) is 2.08. The minimum Gasteiger partial charge on any atom is -0.355 e. The number of rotatable bonds is 3. The largest absolute Gasteiger partial charge is 0.355 e. The fourth-order valence-corrected chi connectivity index (χ4v) is 2.29. The monoisotopic (exact) mass is 238 g/mol. The van der Waals surface area contributed by atoms with E-state index in [1.165, 1.54) is 0 Å². The van der Waals surface area contributed by atoms with Crippen molar-refractivity contribution in [2.45, 2.75) is 31.2 Å². The third-order valence-corrected chi connectivity index (χ3v) is 3.00.